The molecule has 0 saturated heterocycles. The van der Waals surface area contributed by atoms with E-state index in [1.807, 2.05) is 22.8 Å². The molecule has 24 heavy (non-hydrogen) atoms. The second kappa shape index (κ2) is 7.73. The molecule has 0 aliphatic heterocycles. The molecule has 1 aromatic carbocycles. The average Bonchev–Trinajstić information content (AvgIpc) is 2.60. The lowest BCUT2D eigenvalue weighted by atomic mass is 9.91. The van der Waals surface area contributed by atoms with E-state index in [2.05, 4.69) is 5.32 Å². The van der Waals surface area contributed by atoms with Crippen LogP contribution in [-0.2, 0) is 30.7 Å². The lowest BCUT2D eigenvalue weighted by Gasteiger charge is -2.28. The van der Waals surface area contributed by atoms with E-state index in [1.54, 1.807) is 13.2 Å². The van der Waals surface area contributed by atoms with Crippen LogP contribution in [-0.4, -0.2) is 24.3 Å². The van der Waals surface area contributed by atoms with Gasteiger partial charge in [0.1, 0.15) is 5.82 Å². The predicted molar refractivity (Wildman–Crippen MR) is 91.6 cm³/mol. The molecule has 0 saturated carbocycles. The summed E-state index contributed by atoms with van der Waals surface area (Å²) >= 11 is 0. The fourth-order valence-corrected chi connectivity index (χ4v) is 3.29. The topological polar surface area (TPSA) is 43.3 Å². The average molecular weight is 330 g/mol. The summed E-state index contributed by atoms with van der Waals surface area (Å²) in [5.41, 5.74) is 3.49. The van der Waals surface area contributed by atoms with E-state index in [0.717, 1.165) is 37.1 Å². The summed E-state index contributed by atoms with van der Waals surface area (Å²) in [6.45, 7) is 1.87. The zero-order valence-electron chi connectivity index (χ0n) is 13.9. The first kappa shape index (κ1) is 16.9. The molecule has 0 fully saturated rings. The molecule has 1 N–H and O–H groups in total. The lowest BCUT2D eigenvalue weighted by Crippen LogP contribution is -2.37. The molecule has 1 atom stereocenters. The van der Waals surface area contributed by atoms with Crippen molar-refractivity contribution in [1.82, 2.24) is 9.88 Å². The van der Waals surface area contributed by atoms with Gasteiger partial charge in [0.15, 0.2) is 0 Å². The van der Waals surface area contributed by atoms with Gasteiger partial charge in [-0.2, -0.15) is 0 Å². The number of aromatic nitrogens is 1. The SMILES string of the molecule is COCCn1c2c(ccc1=O)C[C@H](NCc1ccc(F)cc1)CC2. The normalized spacial score (nSPS) is 16.8. The molecule has 4 nitrogen and oxygen atoms in total. The van der Waals surface area contributed by atoms with Crippen molar-refractivity contribution in [2.45, 2.75) is 38.4 Å². The Morgan fingerprint density at radius 3 is 2.79 bits per heavy atom. The summed E-state index contributed by atoms with van der Waals surface area (Å²) in [6.07, 6.45) is 2.78. The number of rotatable bonds is 6. The summed E-state index contributed by atoms with van der Waals surface area (Å²) in [4.78, 5) is 12.1. The third-order valence-corrected chi connectivity index (χ3v) is 4.61. The van der Waals surface area contributed by atoms with E-state index in [9.17, 15) is 9.18 Å². The van der Waals surface area contributed by atoms with E-state index >= 15 is 0 Å². The Hall–Kier alpha value is -1.98. The monoisotopic (exact) mass is 330 g/mol. The van der Waals surface area contributed by atoms with E-state index < -0.39 is 0 Å². The van der Waals surface area contributed by atoms with Crippen molar-refractivity contribution in [3.63, 3.8) is 0 Å². The van der Waals surface area contributed by atoms with Gasteiger partial charge in [0, 0.05) is 38.0 Å². The first-order valence-corrected chi connectivity index (χ1v) is 8.35. The largest absolute Gasteiger partial charge is 0.383 e. The molecule has 0 radical (unpaired) electrons. The highest BCUT2D eigenvalue weighted by Crippen LogP contribution is 2.20. The maximum absolute atomic E-state index is 12.9. The number of hydrogen-bond donors (Lipinski definition) is 1. The van der Waals surface area contributed by atoms with Crippen LogP contribution in [0.3, 0.4) is 0 Å². The Morgan fingerprint density at radius 2 is 2.04 bits per heavy atom. The van der Waals surface area contributed by atoms with Crippen LogP contribution in [0.5, 0.6) is 0 Å². The zero-order valence-corrected chi connectivity index (χ0v) is 13.9. The van der Waals surface area contributed by atoms with Crippen LogP contribution in [0.2, 0.25) is 0 Å². The second-order valence-corrected chi connectivity index (χ2v) is 6.24. The van der Waals surface area contributed by atoms with Gasteiger partial charge in [-0.1, -0.05) is 18.2 Å². The number of ether oxygens (including phenoxy) is 1. The van der Waals surface area contributed by atoms with Gasteiger partial charge in [-0.3, -0.25) is 4.79 Å². The number of fused-ring (bicyclic) bond motifs is 1. The molecule has 0 spiro atoms. The molecule has 5 heteroatoms. The van der Waals surface area contributed by atoms with Gasteiger partial charge < -0.3 is 14.6 Å². The van der Waals surface area contributed by atoms with E-state index in [-0.39, 0.29) is 11.4 Å². The first-order chi connectivity index (χ1) is 11.7. The van der Waals surface area contributed by atoms with Crippen LogP contribution < -0.4 is 10.9 Å². The number of benzene rings is 1. The Morgan fingerprint density at radius 1 is 1.25 bits per heavy atom. The minimum absolute atomic E-state index is 0.0449. The van der Waals surface area contributed by atoms with Crippen LogP contribution in [0.15, 0.2) is 41.2 Å². The fourth-order valence-electron chi connectivity index (χ4n) is 3.29. The summed E-state index contributed by atoms with van der Waals surface area (Å²) in [6, 6.07) is 10.6. The van der Waals surface area contributed by atoms with Gasteiger partial charge in [0.2, 0.25) is 0 Å². The molecular weight excluding hydrogens is 307 g/mol. The lowest BCUT2D eigenvalue weighted by molar-refractivity contribution is 0.184. The molecule has 0 bridgehead atoms. The highest BCUT2D eigenvalue weighted by molar-refractivity contribution is 5.26. The summed E-state index contributed by atoms with van der Waals surface area (Å²) in [5, 5.41) is 3.54. The van der Waals surface area contributed by atoms with E-state index in [0.29, 0.717) is 19.2 Å². The summed E-state index contributed by atoms with van der Waals surface area (Å²) in [7, 11) is 1.65. The molecule has 0 unspecified atom stereocenters. The summed E-state index contributed by atoms with van der Waals surface area (Å²) < 4.78 is 19.9. The van der Waals surface area contributed by atoms with Crippen LogP contribution >= 0.6 is 0 Å². The van der Waals surface area contributed by atoms with Crippen LogP contribution in [0.25, 0.3) is 0 Å². The predicted octanol–water partition coefficient (Wildman–Crippen LogP) is 2.28. The summed E-state index contributed by atoms with van der Waals surface area (Å²) in [5.74, 6) is -0.209. The van der Waals surface area contributed by atoms with Gasteiger partial charge in [0.05, 0.1) is 6.61 Å². The minimum atomic E-state index is -0.209. The molecule has 1 heterocycles. The van der Waals surface area contributed by atoms with Crippen molar-refractivity contribution < 1.29 is 9.13 Å². The Kier molecular flexibility index (Phi) is 5.43. The molecule has 1 aliphatic carbocycles. The smallest absolute Gasteiger partial charge is 0.250 e. The molecule has 128 valence electrons. The molecular formula is C19H23FN2O2. The van der Waals surface area contributed by atoms with Crippen molar-refractivity contribution in [3.8, 4) is 0 Å². The Labute approximate surface area is 141 Å². The van der Waals surface area contributed by atoms with Gasteiger partial charge >= 0.3 is 0 Å². The maximum Gasteiger partial charge on any atom is 0.250 e. The number of nitrogens with one attached hydrogen (secondary N) is 1. The van der Waals surface area contributed by atoms with Crippen molar-refractivity contribution in [2.24, 2.45) is 0 Å². The van der Waals surface area contributed by atoms with Crippen molar-refractivity contribution in [2.75, 3.05) is 13.7 Å². The number of halogens is 1. The van der Waals surface area contributed by atoms with Crippen LogP contribution in [0.4, 0.5) is 4.39 Å². The highest BCUT2D eigenvalue weighted by Gasteiger charge is 2.21. The minimum Gasteiger partial charge on any atom is -0.383 e. The van der Waals surface area contributed by atoms with Gasteiger partial charge in [-0.05, 0) is 42.5 Å². The second-order valence-electron chi connectivity index (χ2n) is 6.24. The standard InChI is InChI=1S/C19H23FN2O2/c1-24-11-10-22-18-8-7-17(12-15(18)4-9-19(22)23)21-13-14-2-5-16(20)6-3-14/h2-6,9,17,21H,7-8,10-13H2,1H3/t17-/m1/s1. The van der Waals surface area contributed by atoms with Crippen molar-refractivity contribution >= 4 is 0 Å². The molecule has 2 aromatic rings. The van der Waals surface area contributed by atoms with Gasteiger partial charge in [-0.25, -0.2) is 4.39 Å². The maximum atomic E-state index is 12.9. The Balaban J connectivity index is 1.66. The number of hydrogen-bond acceptors (Lipinski definition) is 3. The van der Waals surface area contributed by atoms with Crippen LogP contribution in [0, 0.1) is 5.82 Å². The number of pyridine rings is 1. The fraction of sp³-hybridized carbons (Fsp3) is 0.421. The molecule has 0 amide bonds. The van der Waals surface area contributed by atoms with Crippen LogP contribution in [0.1, 0.15) is 23.2 Å². The van der Waals surface area contributed by atoms with Crippen molar-refractivity contribution in [3.05, 3.63) is 69.4 Å². The number of methoxy groups -OCH3 is 1. The highest BCUT2D eigenvalue weighted by atomic mass is 19.1. The molecule has 1 aromatic heterocycles. The zero-order chi connectivity index (χ0) is 16.9. The van der Waals surface area contributed by atoms with Gasteiger partial charge in [0.25, 0.3) is 5.56 Å². The third kappa shape index (κ3) is 3.91. The third-order valence-electron chi connectivity index (χ3n) is 4.61. The van der Waals surface area contributed by atoms with E-state index in [1.165, 1.54) is 17.7 Å². The number of nitrogens with zero attached hydrogens (tertiary/aromatic N) is 1. The van der Waals surface area contributed by atoms with Crippen molar-refractivity contribution in [1.29, 1.82) is 0 Å². The van der Waals surface area contributed by atoms with Gasteiger partial charge in [-0.15, -0.1) is 0 Å². The molecule has 1 aliphatic rings. The molecule has 3 rings (SSSR count). The Bertz CT molecular complexity index is 740. The quantitative estimate of drug-likeness (QED) is 0.884. The van der Waals surface area contributed by atoms with E-state index in [4.69, 9.17) is 4.74 Å². The first-order valence-electron chi connectivity index (χ1n) is 8.35.